The van der Waals surface area contributed by atoms with Gasteiger partial charge in [0.25, 0.3) is 11.4 Å². The number of hydrogen-bond donors (Lipinski definition) is 1. The first-order valence-electron chi connectivity index (χ1n) is 9.59. The van der Waals surface area contributed by atoms with Crippen molar-refractivity contribution in [2.24, 2.45) is 0 Å². The van der Waals surface area contributed by atoms with E-state index in [0.717, 1.165) is 5.56 Å². The lowest BCUT2D eigenvalue weighted by atomic mass is 10.2. The lowest BCUT2D eigenvalue weighted by molar-refractivity contribution is 0.0494. The molecule has 1 N–H and O–H groups in total. The van der Waals surface area contributed by atoms with Crippen LogP contribution in [-0.4, -0.2) is 52.9 Å². The Morgan fingerprint density at radius 2 is 2.10 bits per heavy atom. The van der Waals surface area contributed by atoms with E-state index in [0.29, 0.717) is 30.5 Å². The maximum absolute atomic E-state index is 12.3. The van der Waals surface area contributed by atoms with Crippen LogP contribution in [-0.2, 0) is 27.4 Å². The lowest BCUT2D eigenvalue weighted by Gasteiger charge is -2.09. The highest BCUT2D eigenvalue weighted by Crippen LogP contribution is 2.14. The molecule has 0 saturated carbocycles. The van der Waals surface area contributed by atoms with Crippen LogP contribution in [0, 0.1) is 0 Å². The smallest absolute Gasteiger partial charge is 0.411 e. The molecule has 2 heterocycles. The third kappa shape index (κ3) is 6.46. The second kappa shape index (κ2) is 11.0. The fourth-order valence-corrected chi connectivity index (χ4v) is 2.61. The molecule has 1 aromatic carbocycles. The predicted octanol–water partition coefficient (Wildman–Crippen LogP) is 2.07. The van der Waals surface area contributed by atoms with E-state index in [1.165, 1.54) is 16.8 Å². The molecule has 0 bridgehead atoms. The molecule has 0 aliphatic carbocycles. The van der Waals surface area contributed by atoms with Crippen LogP contribution < -0.4 is 10.9 Å². The molecule has 0 unspecified atom stereocenters. The lowest BCUT2D eigenvalue weighted by Crippen LogP contribution is -2.23. The predicted molar refractivity (Wildman–Crippen MR) is 110 cm³/mol. The zero-order valence-electron chi connectivity index (χ0n) is 17.2. The first-order chi connectivity index (χ1) is 15.1. The molecule has 11 nitrogen and oxygen atoms in total. The number of amides is 1. The van der Waals surface area contributed by atoms with Crippen LogP contribution in [0.4, 0.5) is 10.5 Å². The first kappa shape index (κ1) is 22.1. The molecular weight excluding hydrogens is 406 g/mol. The van der Waals surface area contributed by atoms with Gasteiger partial charge in [0.1, 0.15) is 12.3 Å². The zero-order chi connectivity index (χ0) is 22.1. The van der Waals surface area contributed by atoms with E-state index >= 15 is 0 Å². The van der Waals surface area contributed by atoms with Crippen molar-refractivity contribution in [3.63, 3.8) is 0 Å². The van der Waals surface area contributed by atoms with E-state index in [-0.39, 0.29) is 31.1 Å². The Balaban J connectivity index is 1.71. The Hall–Kier alpha value is -3.57. The number of carbonyl (C=O) groups is 1. The Morgan fingerprint density at radius 3 is 2.90 bits per heavy atom. The number of carbonyl (C=O) groups excluding carboxylic acids is 1. The van der Waals surface area contributed by atoms with Crippen LogP contribution in [0.2, 0.25) is 0 Å². The molecule has 0 aliphatic heterocycles. The van der Waals surface area contributed by atoms with Crippen LogP contribution in [0.25, 0.3) is 11.5 Å². The van der Waals surface area contributed by atoms with Gasteiger partial charge in [0, 0.05) is 18.9 Å². The average Bonchev–Trinajstić information content (AvgIpc) is 3.22. The minimum absolute atomic E-state index is 0.149. The van der Waals surface area contributed by atoms with Crippen molar-refractivity contribution >= 4 is 11.8 Å². The van der Waals surface area contributed by atoms with Crippen molar-refractivity contribution in [1.29, 1.82) is 0 Å². The highest BCUT2D eigenvalue weighted by atomic mass is 16.5. The van der Waals surface area contributed by atoms with Gasteiger partial charge >= 0.3 is 6.09 Å². The third-order valence-electron chi connectivity index (χ3n) is 4.00. The molecule has 1 amide bonds. The van der Waals surface area contributed by atoms with E-state index < -0.39 is 6.09 Å². The summed E-state index contributed by atoms with van der Waals surface area (Å²) >= 11 is 0. The summed E-state index contributed by atoms with van der Waals surface area (Å²) in [5.41, 5.74) is 1.41. The molecule has 2 aromatic heterocycles. The van der Waals surface area contributed by atoms with E-state index in [4.69, 9.17) is 18.7 Å². The van der Waals surface area contributed by atoms with Gasteiger partial charge in [0.05, 0.1) is 26.4 Å². The van der Waals surface area contributed by atoms with Crippen molar-refractivity contribution in [1.82, 2.24) is 19.9 Å². The molecule has 3 aromatic rings. The zero-order valence-corrected chi connectivity index (χ0v) is 17.2. The number of nitrogens with zero attached hydrogens (tertiary/aromatic N) is 4. The molecule has 0 saturated heterocycles. The third-order valence-corrected chi connectivity index (χ3v) is 4.00. The molecule has 3 rings (SSSR count). The minimum atomic E-state index is -0.545. The van der Waals surface area contributed by atoms with Gasteiger partial charge < -0.3 is 18.7 Å². The molecular formula is C20H23N5O6. The number of anilines is 1. The highest BCUT2D eigenvalue weighted by molar-refractivity contribution is 5.84. The minimum Gasteiger partial charge on any atom is -0.450 e. The van der Waals surface area contributed by atoms with E-state index in [2.05, 4.69) is 20.6 Å². The normalized spacial score (nSPS) is 10.8. The monoisotopic (exact) mass is 429 g/mol. The molecule has 164 valence electrons. The van der Waals surface area contributed by atoms with Gasteiger partial charge in [-0.25, -0.2) is 9.48 Å². The Morgan fingerprint density at radius 1 is 1.23 bits per heavy atom. The molecule has 0 radical (unpaired) electrons. The average molecular weight is 429 g/mol. The number of rotatable bonds is 10. The standard InChI is InChI=1S/C20H23N5O6/c1-3-30-20(27)21-15-6-4-5-14(11-15)12-25-18(26)8-7-16(23-25)19-22-17(31-24-19)13-29-10-9-28-2/h4-8,11H,3,9-10,12-13H2,1-2H3,(H,21,27). The summed E-state index contributed by atoms with van der Waals surface area (Å²) in [6, 6.07) is 9.96. The molecule has 0 aliphatic rings. The number of aromatic nitrogens is 4. The number of hydrogen-bond acceptors (Lipinski definition) is 9. The molecule has 11 heteroatoms. The molecule has 0 spiro atoms. The summed E-state index contributed by atoms with van der Waals surface area (Å²) in [5, 5.41) is 10.8. The quantitative estimate of drug-likeness (QED) is 0.481. The summed E-state index contributed by atoms with van der Waals surface area (Å²) in [5.74, 6) is 0.542. The summed E-state index contributed by atoms with van der Waals surface area (Å²) < 4.78 is 21.6. The van der Waals surface area contributed by atoms with Gasteiger partial charge in [-0.05, 0) is 30.7 Å². The van der Waals surface area contributed by atoms with Crippen LogP contribution in [0.5, 0.6) is 0 Å². The van der Waals surface area contributed by atoms with E-state index in [1.807, 2.05) is 6.07 Å². The Kier molecular flexibility index (Phi) is 7.85. The fourth-order valence-electron chi connectivity index (χ4n) is 2.61. The Labute approximate surface area is 177 Å². The topological polar surface area (TPSA) is 131 Å². The van der Waals surface area contributed by atoms with E-state index in [9.17, 15) is 9.59 Å². The van der Waals surface area contributed by atoms with Crippen LogP contribution >= 0.6 is 0 Å². The summed E-state index contributed by atoms with van der Waals surface area (Å²) in [4.78, 5) is 28.1. The Bertz CT molecular complexity index is 1060. The summed E-state index contributed by atoms with van der Waals surface area (Å²) in [6.45, 7) is 3.20. The number of ether oxygens (including phenoxy) is 3. The number of benzene rings is 1. The van der Waals surface area contributed by atoms with Crippen LogP contribution in [0.15, 0.2) is 45.7 Å². The molecule has 31 heavy (non-hydrogen) atoms. The highest BCUT2D eigenvalue weighted by Gasteiger charge is 2.12. The maximum atomic E-state index is 12.3. The van der Waals surface area contributed by atoms with Crippen molar-refractivity contribution in [2.45, 2.75) is 20.1 Å². The largest absolute Gasteiger partial charge is 0.450 e. The molecule has 0 fully saturated rings. The van der Waals surface area contributed by atoms with Crippen molar-refractivity contribution in [2.75, 3.05) is 32.2 Å². The van der Waals surface area contributed by atoms with Crippen LogP contribution in [0.3, 0.4) is 0 Å². The maximum Gasteiger partial charge on any atom is 0.411 e. The fraction of sp³-hybridized carbons (Fsp3) is 0.350. The SMILES string of the molecule is CCOC(=O)Nc1cccc(Cn2nc(-c3noc(COCCOC)n3)ccc2=O)c1. The van der Waals surface area contributed by atoms with Crippen molar-refractivity contribution in [3.05, 3.63) is 58.2 Å². The van der Waals surface area contributed by atoms with Gasteiger partial charge in [-0.2, -0.15) is 10.1 Å². The summed E-state index contributed by atoms with van der Waals surface area (Å²) in [6.07, 6.45) is -0.545. The van der Waals surface area contributed by atoms with Gasteiger partial charge in [-0.3, -0.25) is 10.1 Å². The van der Waals surface area contributed by atoms with Gasteiger partial charge in [-0.1, -0.05) is 17.3 Å². The van der Waals surface area contributed by atoms with Gasteiger partial charge in [-0.15, -0.1) is 0 Å². The molecule has 0 atom stereocenters. The van der Waals surface area contributed by atoms with E-state index in [1.54, 1.807) is 32.2 Å². The van der Waals surface area contributed by atoms with Crippen LogP contribution in [0.1, 0.15) is 18.4 Å². The number of nitrogens with one attached hydrogen (secondary N) is 1. The van der Waals surface area contributed by atoms with Gasteiger partial charge in [0.2, 0.25) is 5.82 Å². The second-order valence-electron chi connectivity index (χ2n) is 6.32. The summed E-state index contributed by atoms with van der Waals surface area (Å²) in [7, 11) is 1.59. The number of methoxy groups -OCH3 is 1. The van der Waals surface area contributed by atoms with Gasteiger partial charge in [0.15, 0.2) is 0 Å². The first-order valence-corrected chi connectivity index (χ1v) is 9.59. The van der Waals surface area contributed by atoms with Crippen molar-refractivity contribution in [3.8, 4) is 11.5 Å². The van der Waals surface area contributed by atoms with Crippen molar-refractivity contribution < 1.29 is 23.5 Å². The second-order valence-corrected chi connectivity index (χ2v) is 6.32.